The Morgan fingerprint density at radius 1 is 1.19 bits per heavy atom. The maximum Gasteiger partial charge on any atom is 0.198 e. The number of aliphatic hydroxyl groups is 2. The molecule has 1 aliphatic rings. The standard InChI is InChI=1S/C12H12O4/c13-6-8-5-10(15)12(16)11(8)7-1-3-9(14)4-2-7/h1-4,8,13-14,16H,5-6H2/t8-/m1/s1. The van der Waals surface area contributed by atoms with E-state index in [1.54, 1.807) is 12.1 Å². The molecule has 3 N–H and O–H groups in total. The van der Waals surface area contributed by atoms with Crippen LogP contribution in [0.4, 0.5) is 0 Å². The number of aliphatic hydroxyl groups excluding tert-OH is 2. The number of phenolic OH excluding ortho intramolecular Hbond substituents is 1. The molecule has 0 saturated heterocycles. The van der Waals surface area contributed by atoms with Crippen LogP contribution in [0.3, 0.4) is 0 Å². The van der Waals surface area contributed by atoms with Gasteiger partial charge < -0.3 is 15.3 Å². The van der Waals surface area contributed by atoms with Crippen molar-refractivity contribution in [1.29, 1.82) is 0 Å². The van der Waals surface area contributed by atoms with Gasteiger partial charge >= 0.3 is 0 Å². The van der Waals surface area contributed by atoms with E-state index in [0.29, 0.717) is 11.1 Å². The minimum absolute atomic E-state index is 0.119. The molecule has 16 heavy (non-hydrogen) atoms. The van der Waals surface area contributed by atoms with Gasteiger partial charge in [0, 0.05) is 17.9 Å². The van der Waals surface area contributed by atoms with E-state index in [9.17, 15) is 9.90 Å². The molecule has 0 aromatic heterocycles. The van der Waals surface area contributed by atoms with E-state index < -0.39 is 0 Å². The molecule has 1 aromatic carbocycles. The van der Waals surface area contributed by atoms with Gasteiger partial charge in [0.15, 0.2) is 11.5 Å². The van der Waals surface area contributed by atoms with Gasteiger partial charge in [-0.25, -0.2) is 0 Å². The van der Waals surface area contributed by atoms with Crippen LogP contribution in [-0.2, 0) is 4.79 Å². The van der Waals surface area contributed by atoms with Crippen LogP contribution in [0.2, 0.25) is 0 Å². The van der Waals surface area contributed by atoms with Crippen molar-refractivity contribution in [1.82, 2.24) is 0 Å². The summed E-state index contributed by atoms with van der Waals surface area (Å²) in [6.07, 6.45) is 0.137. The van der Waals surface area contributed by atoms with E-state index in [1.165, 1.54) is 12.1 Å². The van der Waals surface area contributed by atoms with Crippen LogP contribution >= 0.6 is 0 Å². The summed E-state index contributed by atoms with van der Waals surface area (Å²) in [7, 11) is 0. The molecular weight excluding hydrogens is 208 g/mol. The predicted octanol–water partition coefficient (Wildman–Crippen LogP) is 1.24. The van der Waals surface area contributed by atoms with Crippen molar-refractivity contribution in [2.75, 3.05) is 6.61 Å². The summed E-state index contributed by atoms with van der Waals surface area (Å²) in [4.78, 5) is 11.3. The Morgan fingerprint density at radius 2 is 1.81 bits per heavy atom. The summed E-state index contributed by atoms with van der Waals surface area (Å²) < 4.78 is 0. The number of rotatable bonds is 2. The fourth-order valence-electron chi connectivity index (χ4n) is 1.94. The Kier molecular flexibility index (Phi) is 2.66. The van der Waals surface area contributed by atoms with E-state index >= 15 is 0 Å². The molecule has 0 heterocycles. The summed E-state index contributed by atoms with van der Waals surface area (Å²) >= 11 is 0. The summed E-state index contributed by atoms with van der Waals surface area (Å²) in [6, 6.07) is 6.18. The molecule has 2 rings (SSSR count). The Balaban J connectivity index is 2.45. The number of carbonyl (C=O) groups is 1. The van der Waals surface area contributed by atoms with Crippen LogP contribution < -0.4 is 0 Å². The first kappa shape index (κ1) is 10.7. The van der Waals surface area contributed by atoms with E-state index in [4.69, 9.17) is 10.2 Å². The van der Waals surface area contributed by atoms with Crippen molar-refractivity contribution in [3.8, 4) is 5.75 Å². The summed E-state index contributed by atoms with van der Waals surface area (Å²) in [5.74, 6) is -0.849. The number of allylic oxidation sites excluding steroid dienone is 1. The Hall–Kier alpha value is -1.81. The van der Waals surface area contributed by atoms with Gasteiger partial charge in [-0.15, -0.1) is 0 Å². The second-order valence-electron chi connectivity index (χ2n) is 3.82. The maximum atomic E-state index is 11.3. The Labute approximate surface area is 92.5 Å². The molecule has 0 aliphatic heterocycles. The highest BCUT2D eigenvalue weighted by molar-refractivity contribution is 6.05. The minimum atomic E-state index is -0.350. The fourth-order valence-corrected chi connectivity index (χ4v) is 1.94. The van der Waals surface area contributed by atoms with Crippen molar-refractivity contribution < 1.29 is 20.1 Å². The highest BCUT2D eigenvalue weighted by Crippen LogP contribution is 2.35. The van der Waals surface area contributed by atoms with Gasteiger partial charge in [0.1, 0.15) is 5.75 Å². The van der Waals surface area contributed by atoms with Crippen LogP contribution in [0.1, 0.15) is 12.0 Å². The molecule has 0 saturated carbocycles. The lowest BCUT2D eigenvalue weighted by Crippen LogP contribution is -2.05. The average Bonchev–Trinajstić information content (AvgIpc) is 2.57. The molecule has 0 radical (unpaired) electrons. The molecule has 0 bridgehead atoms. The van der Waals surface area contributed by atoms with Gasteiger partial charge in [0.05, 0.1) is 6.61 Å². The molecule has 0 fully saturated rings. The van der Waals surface area contributed by atoms with E-state index in [0.717, 1.165) is 0 Å². The lowest BCUT2D eigenvalue weighted by Gasteiger charge is -2.10. The highest BCUT2D eigenvalue weighted by Gasteiger charge is 2.32. The summed E-state index contributed by atoms with van der Waals surface area (Å²) in [5, 5.41) is 27.9. The predicted molar refractivity (Wildman–Crippen MR) is 57.9 cm³/mol. The third-order valence-electron chi connectivity index (χ3n) is 2.76. The first-order valence-electron chi connectivity index (χ1n) is 5.00. The van der Waals surface area contributed by atoms with Gasteiger partial charge in [-0.3, -0.25) is 4.79 Å². The van der Waals surface area contributed by atoms with Crippen LogP contribution in [0.15, 0.2) is 30.0 Å². The van der Waals surface area contributed by atoms with Gasteiger partial charge in [0.2, 0.25) is 0 Å². The number of hydrogen-bond acceptors (Lipinski definition) is 4. The molecule has 1 aliphatic carbocycles. The molecule has 1 atom stereocenters. The number of Topliss-reactive ketones (excluding diaryl/α,β-unsaturated/α-hetero) is 1. The normalized spacial score (nSPS) is 20.6. The number of hydrogen-bond donors (Lipinski definition) is 3. The van der Waals surface area contributed by atoms with Crippen molar-refractivity contribution in [3.63, 3.8) is 0 Å². The number of benzene rings is 1. The first-order valence-corrected chi connectivity index (χ1v) is 5.00. The third-order valence-corrected chi connectivity index (χ3v) is 2.76. The Bertz CT molecular complexity index is 445. The molecule has 84 valence electrons. The molecular formula is C12H12O4. The van der Waals surface area contributed by atoms with E-state index in [2.05, 4.69) is 0 Å². The van der Waals surface area contributed by atoms with Crippen LogP contribution in [0.5, 0.6) is 5.75 Å². The first-order chi connectivity index (χ1) is 7.63. The SMILES string of the molecule is O=C1C[C@H](CO)C(c2ccc(O)cc2)=C1O. The minimum Gasteiger partial charge on any atom is -0.508 e. The largest absolute Gasteiger partial charge is 0.508 e. The zero-order valence-electron chi connectivity index (χ0n) is 8.55. The van der Waals surface area contributed by atoms with E-state index in [-0.39, 0.29) is 36.2 Å². The van der Waals surface area contributed by atoms with Crippen molar-refractivity contribution in [2.24, 2.45) is 5.92 Å². The Morgan fingerprint density at radius 3 is 2.38 bits per heavy atom. The monoisotopic (exact) mass is 220 g/mol. The molecule has 0 amide bonds. The highest BCUT2D eigenvalue weighted by atomic mass is 16.3. The number of ketones is 1. The topological polar surface area (TPSA) is 77.8 Å². The summed E-state index contributed by atoms with van der Waals surface area (Å²) in [5.41, 5.74) is 1.12. The second-order valence-corrected chi connectivity index (χ2v) is 3.82. The van der Waals surface area contributed by atoms with Crippen molar-refractivity contribution in [2.45, 2.75) is 6.42 Å². The zero-order chi connectivity index (χ0) is 11.7. The average molecular weight is 220 g/mol. The second kappa shape index (κ2) is 3.98. The lowest BCUT2D eigenvalue weighted by molar-refractivity contribution is -0.117. The zero-order valence-corrected chi connectivity index (χ0v) is 8.55. The van der Waals surface area contributed by atoms with Gasteiger partial charge in [0.25, 0.3) is 0 Å². The molecule has 1 aromatic rings. The lowest BCUT2D eigenvalue weighted by atomic mass is 9.95. The third kappa shape index (κ3) is 1.67. The molecule has 0 unspecified atom stereocenters. The van der Waals surface area contributed by atoms with Gasteiger partial charge in [-0.2, -0.15) is 0 Å². The molecule has 0 spiro atoms. The maximum absolute atomic E-state index is 11.3. The number of carbonyl (C=O) groups excluding carboxylic acids is 1. The fraction of sp³-hybridized carbons (Fsp3) is 0.250. The molecule has 4 nitrogen and oxygen atoms in total. The van der Waals surface area contributed by atoms with Crippen LogP contribution in [0, 0.1) is 5.92 Å². The van der Waals surface area contributed by atoms with Gasteiger partial charge in [-0.1, -0.05) is 12.1 Å². The quantitative estimate of drug-likeness (QED) is 0.700. The molecule has 4 heteroatoms. The van der Waals surface area contributed by atoms with Crippen LogP contribution in [0.25, 0.3) is 5.57 Å². The van der Waals surface area contributed by atoms with Crippen molar-refractivity contribution in [3.05, 3.63) is 35.6 Å². The number of phenols is 1. The number of aromatic hydroxyl groups is 1. The van der Waals surface area contributed by atoms with Crippen LogP contribution in [-0.4, -0.2) is 27.7 Å². The summed E-state index contributed by atoms with van der Waals surface area (Å²) in [6.45, 7) is -0.175. The van der Waals surface area contributed by atoms with Gasteiger partial charge in [-0.05, 0) is 17.7 Å². The smallest absolute Gasteiger partial charge is 0.198 e. The van der Waals surface area contributed by atoms with Crippen molar-refractivity contribution >= 4 is 11.4 Å². The van der Waals surface area contributed by atoms with E-state index in [1.807, 2.05) is 0 Å².